The van der Waals surface area contributed by atoms with Crippen molar-refractivity contribution in [3.63, 3.8) is 0 Å². The van der Waals surface area contributed by atoms with Crippen LogP contribution in [0.5, 0.6) is 28.7 Å². The number of methoxy groups -OCH3 is 1. The normalized spacial score (nSPS) is 35.4. The smallest absolute Gasteiger partial charge is 0.303 e. The zero-order valence-electron chi connectivity index (χ0n) is 30.9. The van der Waals surface area contributed by atoms with Crippen LogP contribution in [-0.2, 0) is 33.2 Å². The van der Waals surface area contributed by atoms with Crippen LogP contribution in [0.3, 0.4) is 0 Å². The molecule has 1 aromatic heterocycles. The first-order valence-corrected chi connectivity index (χ1v) is 17.8. The van der Waals surface area contributed by atoms with Gasteiger partial charge in [-0.3, -0.25) is 9.59 Å². The molecule has 0 spiro atoms. The maximum atomic E-state index is 14.2. The lowest BCUT2D eigenvalue weighted by Crippen LogP contribution is -2.65. The van der Waals surface area contributed by atoms with Crippen molar-refractivity contribution in [1.29, 1.82) is 0 Å². The average Bonchev–Trinajstić information content (AvgIpc) is 3.18. The quantitative estimate of drug-likeness (QED) is 0.0859. The number of aliphatic hydroxyl groups excluding tert-OH is 8. The molecule has 6 unspecified atom stereocenters. The van der Waals surface area contributed by atoms with Gasteiger partial charge in [0.15, 0.2) is 42.0 Å². The highest BCUT2D eigenvalue weighted by Gasteiger charge is 2.53. The van der Waals surface area contributed by atoms with E-state index in [0.29, 0.717) is 0 Å². The molecule has 15 atom stereocenters. The third-order valence-electron chi connectivity index (χ3n) is 9.88. The molecule has 11 N–H and O–H groups in total. The summed E-state index contributed by atoms with van der Waals surface area (Å²) in [6, 6.07) is 5.59. The number of benzene rings is 2. The zero-order valence-corrected chi connectivity index (χ0v) is 30.9. The van der Waals surface area contributed by atoms with Gasteiger partial charge in [-0.2, -0.15) is 0 Å². The number of hydrogen-bond acceptors (Lipinski definition) is 22. The van der Waals surface area contributed by atoms with Gasteiger partial charge in [-0.25, -0.2) is 0 Å². The van der Waals surface area contributed by atoms with Crippen LogP contribution in [0.4, 0.5) is 0 Å². The van der Waals surface area contributed by atoms with Gasteiger partial charge in [0.05, 0.1) is 26.4 Å². The molecule has 0 amide bonds. The Kier molecular flexibility index (Phi) is 13.0. The van der Waals surface area contributed by atoms with E-state index in [4.69, 9.17) is 42.3 Å². The number of carbonyl (C=O) groups excluding carboxylic acids is 1. The fourth-order valence-electron chi connectivity index (χ4n) is 6.81. The minimum Gasteiger partial charge on any atom is -0.508 e. The lowest BCUT2D eigenvalue weighted by molar-refractivity contribution is -0.360. The molecular formula is C36H44O22. The molecule has 22 nitrogen and oxygen atoms in total. The van der Waals surface area contributed by atoms with Crippen molar-refractivity contribution in [1.82, 2.24) is 0 Å². The third kappa shape index (κ3) is 8.37. The molecule has 3 aromatic rings. The fourth-order valence-corrected chi connectivity index (χ4v) is 6.81. The van der Waals surface area contributed by atoms with Crippen LogP contribution in [0.15, 0.2) is 39.5 Å². The second-order valence-electron chi connectivity index (χ2n) is 13.9. The Morgan fingerprint density at radius 1 is 0.759 bits per heavy atom. The van der Waals surface area contributed by atoms with Gasteiger partial charge in [-0.1, -0.05) is 0 Å². The Labute approximate surface area is 327 Å². The summed E-state index contributed by atoms with van der Waals surface area (Å²) >= 11 is 0. The number of aliphatic hydroxyl groups is 8. The standard InChI is InChI=1S/C36H44O22/c1-11-30(53-12(2)38)27(47)29(49)35(52-11)58-33-26(46)23(43)20(10-51-34-28(48)25(45)22(42)19(9-37)55-34)56-36(33)57-32-24(44)21-16(41)7-14(39)8-18(21)54-31(32)13-4-5-15(40)17(6-13)50-3/h4-8,11,19-20,22-23,25-30,33-37,39-43,45-49H,9-10H2,1-3H3/t11?,19?,20?,22-,23-,25+,26+,27?,28?,29+,30+,33?,34-,35+,36+/m1/s1. The van der Waals surface area contributed by atoms with Gasteiger partial charge in [-0.15, -0.1) is 0 Å². The van der Waals surface area contributed by atoms with Crippen molar-refractivity contribution < 1.29 is 103 Å². The molecule has 0 saturated carbocycles. The molecule has 3 aliphatic heterocycles. The van der Waals surface area contributed by atoms with Crippen molar-refractivity contribution in [2.75, 3.05) is 20.3 Å². The first-order chi connectivity index (χ1) is 27.4. The number of esters is 1. The first-order valence-electron chi connectivity index (χ1n) is 17.8. The van der Waals surface area contributed by atoms with Crippen molar-refractivity contribution in [3.05, 3.63) is 40.6 Å². The summed E-state index contributed by atoms with van der Waals surface area (Å²) in [7, 11) is 1.24. The second-order valence-corrected chi connectivity index (χ2v) is 13.9. The molecule has 320 valence electrons. The number of ether oxygens (including phenoxy) is 8. The van der Waals surface area contributed by atoms with E-state index in [-0.39, 0.29) is 22.6 Å². The lowest BCUT2D eigenvalue weighted by atomic mass is 9.97. The SMILES string of the molecule is COc1cc(-c2oc3cc(O)cc(O)c3c(=O)c2O[C@@H]2OC(CO[C@@H]3OC(CO)[C@@H](O)[C@H](O)C3O)[C@@H](O)[C@H](O)C2O[C@@H]2OC(C)[C@H](OC(C)=O)C(O)[C@@H]2O)ccc1O. The molecule has 2 aromatic carbocycles. The first kappa shape index (κ1) is 43.2. The Hall–Kier alpha value is -4.40. The van der Waals surface area contributed by atoms with Gasteiger partial charge in [-0.05, 0) is 25.1 Å². The Morgan fingerprint density at radius 3 is 2.09 bits per heavy atom. The van der Waals surface area contributed by atoms with Crippen LogP contribution < -0.4 is 14.9 Å². The number of phenols is 3. The number of phenolic OH excluding ortho intramolecular Hbond substituents is 3. The van der Waals surface area contributed by atoms with Crippen LogP contribution in [0.2, 0.25) is 0 Å². The van der Waals surface area contributed by atoms with Gasteiger partial charge in [0.25, 0.3) is 0 Å². The topological polar surface area (TPSA) is 344 Å². The third-order valence-corrected chi connectivity index (χ3v) is 9.88. The summed E-state index contributed by atoms with van der Waals surface area (Å²) < 4.78 is 50.8. The van der Waals surface area contributed by atoms with E-state index >= 15 is 0 Å². The summed E-state index contributed by atoms with van der Waals surface area (Å²) in [4.78, 5) is 25.9. The number of rotatable bonds is 11. The Balaban J connectivity index is 1.40. The van der Waals surface area contributed by atoms with Crippen molar-refractivity contribution >= 4 is 16.9 Å². The largest absolute Gasteiger partial charge is 0.508 e. The molecular weight excluding hydrogens is 784 g/mol. The van der Waals surface area contributed by atoms with Crippen molar-refractivity contribution in [2.45, 2.75) is 106 Å². The molecule has 0 radical (unpaired) electrons. The van der Waals surface area contributed by atoms with Crippen LogP contribution in [0.1, 0.15) is 13.8 Å². The number of fused-ring (bicyclic) bond motifs is 1. The highest BCUT2D eigenvalue weighted by atomic mass is 16.8. The van der Waals surface area contributed by atoms with Gasteiger partial charge < -0.3 is 98.5 Å². The highest BCUT2D eigenvalue weighted by molar-refractivity contribution is 5.88. The summed E-state index contributed by atoms with van der Waals surface area (Å²) in [5.41, 5.74) is -1.40. The molecule has 4 heterocycles. The number of carbonyl (C=O) groups is 1. The molecule has 22 heteroatoms. The second kappa shape index (κ2) is 17.4. The summed E-state index contributed by atoms with van der Waals surface area (Å²) in [6.07, 6.45) is -26.4. The van der Waals surface area contributed by atoms with Crippen LogP contribution >= 0.6 is 0 Å². The van der Waals surface area contributed by atoms with Crippen LogP contribution in [-0.4, -0.2) is 175 Å². The van der Waals surface area contributed by atoms with Crippen LogP contribution in [0.25, 0.3) is 22.3 Å². The summed E-state index contributed by atoms with van der Waals surface area (Å²) in [5, 5.41) is 116. The van der Waals surface area contributed by atoms with E-state index in [2.05, 4.69) is 0 Å². The van der Waals surface area contributed by atoms with E-state index in [1.165, 1.54) is 32.2 Å². The molecule has 3 saturated heterocycles. The Morgan fingerprint density at radius 2 is 1.41 bits per heavy atom. The van der Waals surface area contributed by atoms with E-state index in [0.717, 1.165) is 19.1 Å². The molecule has 0 aliphatic carbocycles. The van der Waals surface area contributed by atoms with Gasteiger partial charge in [0.2, 0.25) is 17.5 Å². The number of aromatic hydroxyl groups is 3. The fraction of sp³-hybridized carbons (Fsp3) is 0.556. The summed E-state index contributed by atoms with van der Waals surface area (Å²) in [5.74, 6) is -3.59. The highest BCUT2D eigenvalue weighted by Crippen LogP contribution is 2.40. The van der Waals surface area contributed by atoms with Crippen molar-refractivity contribution in [2.24, 2.45) is 0 Å². The lowest BCUT2D eigenvalue weighted by Gasteiger charge is -2.46. The van der Waals surface area contributed by atoms with E-state index in [9.17, 15) is 65.8 Å². The average molecular weight is 829 g/mol. The van der Waals surface area contributed by atoms with Gasteiger partial charge in [0.1, 0.15) is 77.4 Å². The zero-order chi connectivity index (χ0) is 42.3. The number of hydrogen-bond donors (Lipinski definition) is 11. The predicted molar refractivity (Wildman–Crippen MR) is 187 cm³/mol. The summed E-state index contributed by atoms with van der Waals surface area (Å²) in [6.45, 7) is 0.887. The maximum absolute atomic E-state index is 14.2. The molecule has 6 rings (SSSR count). The van der Waals surface area contributed by atoms with E-state index in [1.807, 2.05) is 0 Å². The van der Waals surface area contributed by atoms with Crippen molar-refractivity contribution in [3.8, 4) is 40.1 Å². The van der Waals surface area contributed by atoms with E-state index < -0.39 is 145 Å². The van der Waals surface area contributed by atoms with Crippen LogP contribution in [0, 0.1) is 0 Å². The van der Waals surface area contributed by atoms with E-state index in [1.54, 1.807) is 0 Å². The molecule has 58 heavy (non-hydrogen) atoms. The maximum Gasteiger partial charge on any atom is 0.303 e. The predicted octanol–water partition coefficient (Wildman–Crippen LogP) is -2.99. The molecule has 3 fully saturated rings. The monoisotopic (exact) mass is 828 g/mol. The minimum absolute atomic E-state index is 0.0161. The van der Waals surface area contributed by atoms with Gasteiger partial charge in [0, 0.05) is 24.6 Å². The molecule has 3 aliphatic rings. The minimum atomic E-state index is -2.09. The Bertz CT molecular complexity index is 1990. The molecule has 0 bridgehead atoms. The van der Waals surface area contributed by atoms with Gasteiger partial charge >= 0.3 is 5.97 Å².